The zero-order valence-electron chi connectivity index (χ0n) is 11.6. The average Bonchev–Trinajstić information content (AvgIpc) is 2.97. The number of aromatic nitrogens is 2. The molecule has 2 heterocycles. The lowest BCUT2D eigenvalue weighted by molar-refractivity contribution is 0.419. The quantitative estimate of drug-likeness (QED) is 0.689. The van der Waals surface area contributed by atoms with Crippen LogP contribution in [0.5, 0.6) is 11.6 Å². The smallest absolute Gasteiger partial charge is 0.247 e. The van der Waals surface area contributed by atoms with Crippen molar-refractivity contribution in [2.45, 2.75) is 12.8 Å². The van der Waals surface area contributed by atoms with Crippen LogP contribution in [0.4, 0.5) is 0 Å². The lowest BCUT2D eigenvalue weighted by atomic mass is 10.2. The molecule has 0 spiro atoms. The summed E-state index contributed by atoms with van der Waals surface area (Å²) in [5.41, 5.74) is 2.21. The van der Waals surface area contributed by atoms with E-state index >= 15 is 0 Å². The SMILES string of the molecule is Cc1nn(C)c(Oc2c(C#N)oc3ccccc23)c1CCl. The van der Waals surface area contributed by atoms with Crippen molar-refractivity contribution < 1.29 is 9.15 Å². The summed E-state index contributed by atoms with van der Waals surface area (Å²) in [5.74, 6) is 1.33. The fourth-order valence-electron chi connectivity index (χ4n) is 2.26. The van der Waals surface area contributed by atoms with Gasteiger partial charge in [0.2, 0.25) is 11.6 Å². The summed E-state index contributed by atoms with van der Waals surface area (Å²) in [6.45, 7) is 1.86. The summed E-state index contributed by atoms with van der Waals surface area (Å²) < 4.78 is 13.0. The summed E-state index contributed by atoms with van der Waals surface area (Å²) in [6.07, 6.45) is 0. The number of hydrogen-bond acceptors (Lipinski definition) is 4. The van der Waals surface area contributed by atoms with Gasteiger partial charge < -0.3 is 9.15 Å². The number of alkyl halides is 1. The molecular formula is C15H12ClN3O2. The highest BCUT2D eigenvalue weighted by Crippen LogP contribution is 2.37. The van der Waals surface area contributed by atoms with Crippen LogP contribution in [-0.4, -0.2) is 9.78 Å². The third-order valence-electron chi connectivity index (χ3n) is 3.27. The first-order valence-electron chi connectivity index (χ1n) is 6.33. The van der Waals surface area contributed by atoms with Gasteiger partial charge in [-0.3, -0.25) is 0 Å². The number of fused-ring (bicyclic) bond motifs is 1. The van der Waals surface area contributed by atoms with Gasteiger partial charge in [0, 0.05) is 7.05 Å². The van der Waals surface area contributed by atoms with Crippen LogP contribution in [0.1, 0.15) is 17.0 Å². The Labute approximate surface area is 126 Å². The molecule has 3 rings (SSSR count). The first kappa shape index (κ1) is 13.5. The van der Waals surface area contributed by atoms with Crippen LogP contribution in [0.15, 0.2) is 28.7 Å². The summed E-state index contributed by atoms with van der Waals surface area (Å²) in [7, 11) is 1.77. The Bertz CT molecular complexity index is 858. The molecule has 5 nitrogen and oxygen atoms in total. The largest absolute Gasteiger partial charge is 0.442 e. The van der Waals surface area contributed by atoms with Gasteiger partial charge in [0.15, 0.2) is 5.75 Å². The highest BCUT2D eigenvalue weighted by molar-refractivity contribution is 6.17. The molecule has 21 heavy (non-hydrogen) atoms. The van der Waals surface area contributed by atoms with Gasteiger partial charge in [0.05, 0.1) is 22.5 Å². The van der Waals surface area contributed by atoms with Crippen LogP contribution >= 0.6 is 11.6 Å². The fourth-order valence-corrected chi connectivity index (χ4v) is 2.56. The topological polar surface area (TPSA) is 64.0 Å². The minimum Gasteiger partial charge on any atom is -0.442 e. The molecule has 0 aliphatic rings. The molecule has 0 N–H and O–H groups in total. The Kier molecular flexibility index (Phi) is 3.32. The van der Waals surface area contributed by atoms with Crippen molar-refractivity contribution in [3.05, 3.63) is 41.3 Å². The number of nitrogens with zero attached hydrogens (tertiary/aromatic N) is 3. The number of aryl methyl sites for hydroxylation is 2. The molecule has 0 bridgehead atoms. The standard InChI is InChI=1S/C15H12ClN3O2/c1-9-11(7-16)15(19(2)18-9)21-14-10-5-3-4-6-12(10)20-13(14)8-17/h3-6H,7H2,1-2H3. The molecule has 0 saturated heterocycles. The molecule has 0 aliphatic carbocycles. The highest BCUT2D eigenvalue weighted by atomic mass is 35.5. The van der Waals surface area contributed by atoms with Gasteiger partial charge >= 0.3 is 0 Å². The first-order chi connectivity index (χ1) is 10.2. The molecule has 1 aromatic carbocycles. The van der Waals surface area contributed by atoms with E-state index in [1.807, 2.05) is 31.2 Å². The molecule has 106 valence electrons. The normalized spacial score (nSPS) is 10.8. The first-order valence-corrected chi connectivity index (χ1v) is 6.87. The number of rotatable bonds is 3. The minimum absolute atomic E-state index is 0.135. The van der Waals surface area contributed by atoms with E-state index in [2.05, 4.69) is 5.10 Å². The number of benzene rings is 1. The van der Waals surface area contributed by atoms with Gasteiger partial charge in [-0.25, -0.2) is 4.68 Å². The Hall–Kier alpha value is -2.45. The summed E-state index contributed by atoms with van der Waals surface area (Å²) in [5, 5.41) is 14.3. The van der Waals surface area contributed by atoms with Crippen LogP contribution < -0.4 is 4.74 Å². The molecule has 2 aromatic heterocycles. The van der Waals surface area contributed by atoms with E-state index in [0.29, 0.717) is 17.2 Å². The molecule has 0 saturated carbocycles. The van der Waals surface area contributed by atoms with Crippen LogP contribution in [0, 0.1) is 18.3 Å². The van der Waals surface area contributed by atoms with Crippen LogP contribution in [0.25, 0.3) is 11.0 Å². The van der Waals surface area contributed by atoms with Crippen LogP contribution in [0.2, 0.25) is 0 Å². The molecule has 0 radical (unpaired) electrons. The van der Waals surface area contributed by atoms with E-state index in [1.165, 1.54) is 0 Å². The lowest BCUT2D eigenvalue weighted by Gasteiger charge is -2.06. The Morgan fingerprint density at radius 2 is 2.19 bits per heavy atom. The summed E-state index contributed by atoms with van der Waals surface area (Å²) in [6, 6.07) is 9.36. The number of furan rings is 1. The third-order valence-corrected chi connectivity index (χ3v) is 3.54. The van der Waals surface area contributed by atoms with Gasteiger partial charge in [-0.15, -0.1) is 11.6 Å². The van der Waals surface area contributed by atoms with Gasteiger partial charge in [-0.2, -0.15) is 10.4 Å². The third kappa shape index (κ3) is 2.14. The Balaban J connectivity index is 2.17. The van der Waals surface area contributed by atoms with Crippen molar-refractivity contribution in [1.29, 1.82) is 5.26 Å². The second-order valence-electron chi connectivity index (χ2n) is 4.60. The van der Waals surface area contributed by atoms with E-state index < -0.39 is 0 Å². The van der Waals surface area contributed by atoms with Crippen LogP contribution in [0.3, 0.4) is 0 Å². The molecule has 0 amide bonds. The number of hydrogen-bond donors (Lipinski definition) is 0. The van der Waals surface area contributed by atoms with E-state index in [9.17, 15) is 5.26 Å². The Morgan fingerprint density at radius 3 is 2.90 bits per heavy atom. The van der Waals surface area contributed by atoms with Crippen molar-refractivity contribution in [2.24, 2.45) is 7.05 Å². The maximum absolute atomic E-state index is 9.23. The molecule has 6 heteroatoms. The predicted molar refractivity (Wildman–Crippen MR) is 78.5 cm³/mol. The van der Waals surface area contributed by atoms with Gasteiger partial charge in [0.25, 0.3) is 0 Å². The van der Waals surface area contributed by atoms with Crippen molar-refractivity contribution in [3.8, 4) is 17.7 Å². The van der Waals surface area contributed by atoms with Crippen LogP contribution in [-0.2, 0) is 12.9 Å². The average molecular weight is 302 g/mol. The monoisotopic (exact) mass is 301 g/mol. The number of para-hydroxylation sites is 1. The molecule has 0 atom stereocenters. The minimum atomic E-state index is 0.135. The van der Waals surface area contributed by atoms with Gasteiger partial charge in [-0.1, -0.05) is 12.1 Å². The van der Waals surface area contributed by atoms with E-state index in [-0.39, 0.29) is 11.6 Å². The molecule has 0 unspecified atom stereocenters. The maximum Gasteiger partial charge on any atom is 0.247 e. The Morgan fingerprint density at radius 1 is 1.43 bits per heavy atom. The zero-order valence-corrected chi connectivity index (χ0v) is 12.3. The van der Waals surface area contributed by atoms with Crippen molar-refractivity contribution in [1.82, 2.24) is 9.78 Å². The highest BCUT2D eigenvalue weighted by Gasteiger charge is 2.20. The summed E-state index contributed by atoms with van der Waals surface area (Å²) >= 11 is 5.96. The summed E-state index contributed by atoms with van der Waals surface area (Å²) in [4.78, 5) is 0. The second kappa shape index (κ2) is 5.15. The van der Waals surface area contributed by atoms with Gasteiger partial charge in [0.1, 0.15) is 11.7 Å². The van der Waals surface area contributed by atoms with E-state index in [4.69, 9.17) is 20.8 Å². The maximum atomic E-state index is 9.23. The lowest BCUT2D eigenvalue weighted by Crippen LogP contribution is -1.97. The zero-order chi connectivity index (χ0) is 15.0. The number of ether oxygens (including phenoxy) is 1. The molecule has 0 fully saturated rings. The van der Waals surface area contributed by atoms with Crippen molar-refractivity contribution >= 4 is 22.6 Å². The van der Waals surface area contributed by atoms with Gasteiger partial charge in [-0.05, 0) is 19.1 Å². The predicted octanol–water partition coefficient (Wildman–Crippen LogP) is 3.88. The molecular weight excluding hydrogens is 290 g/mol. The van der Waals surface area contributed by atoms with E-state index in [0.717, 1.165) is 16.6 Å². The fraction of sp³-hybridized carbons (Fsp3) is 0.200. The second-order valence-corrected chi connectivity index (χ2v) is 4.86. The van der Waals surface area contributed by atoms with Crippen molar-refractivity contribution in [3.63, 3.8) is 0 Å². The molecule has 0 aliphatic heterocycles. The van der Waals surface area contributed by atoms with Crippen molar-refractivity contribution in [2.75, 3.05) is 0 Å². The number of halogens is 1. The van der Waals surface area contributed by atoms with E-state index in [1.54, 1.807) is 17.8 Å². The number of nitriles is 1. The molecule has 3 aromatic rings.